The van der Waals surface area contributed by atoms with Crippen LogP contribution < -0.4 is 0 Å². The van der Waals surface area contributed by atoms with Crippen molar-refractivity contribution >= 4 is 11.6 Å². The van der Waals surface area contributed by atoms with Gasteiger partial charge in [0.05, 0.1) is 0 Å². The third kappa shape index (κ3) is 3.47. The molecule has 0 aliphatic heterocycles. The molecule has 0 aromatic heterocycles. The summed E-state index contributed by atoms with van der Waals surface area (Å²) in [5.41, 5.74) is 0. The summed E-state index contributed by atoms with van der Waals surface area (Å²) in [7, 11) is 0. The lowest BCUT2D eigenvalue weighted by atomic mass is 9.93. The summed E-state index contributed by atoms with van der Waals surface area (Å²) in [5, 5.41) is 0. The molecule has 0 saturated heterocycles. The molecule has 0 aromatic rings. The first-order valence-electron chi connectivity index (χ1n) is 5.57. The summed E-state index contributed by atoms with van der Waals surface area (Å²) in [6.45, 7) is 5.62. The summed E-state index contributed by atoms with van der Waals surface area (Å²) in [6, 6.07) is 1.47. The van der Waals surface area contributed by atoms with Gasteiger partial charge in [-0.2, -0.15) is 0 Å². The van der Waals surface area contributed by atoms with Crippen LogP contribution in [-0.2, 0) is 0 Å². The standard InChI is InChI=1S/C11H22ClN/c1-10(2)13(9-8-12)11-6-4-3-5-7-11/h10-11H,3-9H2,1-2H3. The predicted octanol–water partition coefficient (Wildman–Crippen LogP) is 3.27. The van der Waals surface area contributed by atoms with Crippen LogP contribution in [0.4, 0.5) is 0 Å². The Kier molecular flexibility index (Phi) is 5.12. The molecule has 2 heteroatoms. The quantitative estimate of drug-likeness (QED) is 0.634. The number of hydrogen-bond donors (Lipinski definition) is 0. The van der Waals surface area contributed by atoms with E-state index in [4.69, 9.17) is 11.6 Å². The molecular formula is C11H22ClN. The molecule has 1 aliphatic carbocycles. The first-order chi connectivity index (χ1) is 6.25. The molecule has 1 aliphatic rings. The van der Waals surface area contributed by atoms with Crippen molar-refractivity contribution in [3.63, 3.8) is 0 Å². The normalized spacial score (nSPS) is 20.1. The van der Waals surface area contributed by atoms with Gasteiger partial charge >= 0.3 is 0 Å². The van der Waals surface area contributed by atoms with Gasteiger partial charge in [-0.05, 0) is 26.7 Å². The fourth-order valence-corrected chi connectivity index (χ4v) is 2.57. The van der Waals surface area contributed by atoms with E-state index in [2.05, 4.69) is 18.7 Å². The smallest absolute Gasteiger partial charge is 0.0351 e. The first-order valence-corrected chi connectivity index (χ1v) is 6.11. The Morgan fingerprint density at radius 1 is 1.23 bits per heavy atom. The summed E-state index contributed by atoms with van der Waals surface area (Å²) < 4.78 is 0. The molecule has 0 aromatic carbocycles. The van der Waals surface area contributed by atoms with Gasteiger partial charge in [-0.15, -0.1) is 11.6 Å². The van der Waals surface area contributed by atoms with Crippen LogP contribution in [-0.4, -0.2) is 29.4 Å². The van der Waals surface area contributed by atoms with Gasteiger partial charge in [0.2, 0.25) is 0 Å². The third-order valence-electron chi connectivity index (χ3n) is 3.05. The maximum absolute atomic E-state index is 5.82. The Morgan fingerprint density at radius 3 is 2.31 bits per heavy atom. The molecule has 0 radical (unpaired) electrons. The monoisotopic (exact) mass is 203 g/mol. The molecule has 1 saturated carbocycles. The zero-order valence-corrected chi connectivity index (χ0v) is 9.69. The summed E-state index contributed by atoms with van der Waals surface area (Å²) in [6.07, 6.45) is 7.03. The van der Waals surface area contributed by atoms with Crippen molar-refractivity contribution in [2.45, 2.75) is 58.0 Å². The third-order valence-corrected chi connectivity index (χ3v) is 3.22. The maximum atomic E-state index is 5.82. The summed E-state index contributed by atoms with van der Waals surface area (Å²) in [4.78, 5) is 2.58. The van der Waals surface area contributed by atoms with Gasteiger partial charge in [0.15, 0.2) is 0 Å². The molecule has 0 heterocycles. The maximum Gasteiger partial charge on any atom is 0.0351 e. The summed E-state index contributed by atoms with van der Waals surface area (Å²) in [5.74, 6) is 0.773. The van der Waals surface area contributed by atoms with E-state index < -0.39 is 0 Å². The predicted molar refractivity (Wildman–Crippen MR) is 59.4 cm³/mol. The topological polar surface area (TPSA) is 3.24 Å². The second-order valence-corrected chi connectivity index (χ2v) is 4.69. The number of hydrogen-bond acceptors (Lipinski definition) is 1. The second kappa shape index (κ2) is 5.87. The van der Waals surface area contributed by atoms with E-state index in [9.17, 15) is 0 Å². The average Bonchev–Trinajstić information content (AvgIpc) is 2.15. The van der Waals surface area contributed by atoms with Gasteiger partial charge in [0, 0.05) is 24.5 Å². The van der Waals surface area contributed by atoms with Crippen LogP contribution >= 0.6 is 11.6 Å². The fourth-order valence-electron chi connectivity index (χ4n) is 2.37. The molecule has 0 spiro atoms. The molecule has 13 heavy (non-hydrogen) atoms. The molecule has 1 rings (SSSR count). The minimum absolute atomic E-state index is 0.654. The lowest BCUT2D eigenvalue weighted by Crippen LogP contribution is -2.42. The van der Waals surface area contributed by atoms with E-state index in [1.807, 2.05) is 0 Å². The second-order valence-electron chi connectivity index (χ2n) is 4.31. The largest absolute Gasteiger partial charge is 0.297 e. The van der Waals surface area contributed by atoms with Gasteiger partial charge in [-0.3, -0.25) is 4.90 Å². The average molecular weight is 204 g/mol. The zero-order valence-electron chi connectivity index (χ0n) is 8.93. The SMILES string of the molecule is CC(C)N(CCCl)C1CCCCC1. The minimum Gasteiger partial charge on any atom is -0.297 e. The van der Waals surface area contributed by atoms with Crippen molar-refractivity contribution in [2.24, 2.45) is 0 Å². The van der Waals surface area contributed by atoms with Gasteiger partial charge in [0.1, 0.15) is 0 Å². The van der Waals surface area contributed by atoms with E-state index in [0.717, 1.165) is 18.5 Å². The molecule has 1 nitrogen and oxygen atoms in total. The van der Waals surface area contributed by atoms with E-state index in [0.29, 0.717) is 6.04 Å². The van der Waals surface area contributed by atoms with E-state index >= 15 is 0 Å². The first kappa shape index (κ1) is 11.3. The van der Waals surface area contributed by atoms with Crippen LogP contribution in [0.2, 0.25) is 0 Å². The molecular weight excluding hydrogens is 182 g/mol. The molecule has 1 fully saturated rings. The van der Waals surface area contributed by atoms with Crippen molar-refractivity contribution in [1.82, 2.24) is 4.90 Å². The highest BCUT2D eigenvalue weighted by Crippen LogP contribution is 2.23. The van der Waals surface area contributed by atoms with E-state index in [1.54, 1.807) is 0 Å². The Labute approximate surface area is 87.4 Å². The molecule has 0 N–H and O–H groups in total. The number of alkyl halides is 1. The Balaban J connectivity index is 2.41. The molecule has 0 atom stereocenters. The van der Waals surface area contributed by atoms with Crippen LogP contribution in [0, 0.1) is 0 Å². The zero-order chi connectivity index (χ0) is 9.68. The van der Waals surface area contributed by atoms with E-state index in [-0.39, 0.29) is 0 Å². The Hall–Kier alpha value is 0.250. The lowest BCUT2D eigenvalue weighted by Gasteiger charge is -2.36. The highest BCUT2D eigenvalue weighted by Gasteiger charge is 2.22. The van der Waals surface area contributed by atoms with Crippen LogP contribution in [0.3, 0.4) is 0 Å². The fraction of sp³-hybridized carbons (Fsp3) is 1.00. The van der Waals surface area contributed by atoms with Crippen LogP contribution in [0.25, 0.3) is 0 Å². The van der Waals surface area contributed by atoms with Crippen LogP contribution in [0.5, 0.6) is 0 Å². The molecule has 0 unspecified atom stereocenters. The number of halogens is 1. The molecule has 0 amide bonds. The van der Waals surface area contributed by atoms with Crippen molar-refractivity contribution in [1.29, 1.82) is 0 Å². The van der Waals surface area contributed by atoms with Crippen molar-refractivity contribution in [2.75, 3.05) is 12.4 Å². The van der Waals surface area contributed by atoms with E-state index in [1.165, 1.54) is 32.1 Å². The number of nitrogens with zero attached hydrogens (tertiary/aromatic N) is 1. The van der Waals surface area contributed by atoms with Crippen molar-refractivity contribution in [3.8, 4) is 0 Å². The minimum atomic E-state index is 0.654. The van der Waals surface area contributed by atoms with Crippen LogP contribution in [0.1, 0.15) is 46.0 Å². The van der Waals surface area contributed by atoms with Gasteiger partial charge < -0.3 is 0 Å². The van der Waals surface area contributed by atoms with Gasteiger partial charge in [-0.25, -0.2) is 0 Å². The van der Waals surface area contributed by atoms with Gasteiger partial charge in [0.25, 0.3) is 0 Å². The lowest BCUT2D eigenvalue weighted by molar-refractivity contribution is 0.129. The highest BCUT2D eigenvalue weighted by molar-refractivity contribution is 6.18. The van der Waals surface area contributed by atoms with Gasteiger partial charge in [-0.1, -0.05) is 19.3 Å². The number of rotatable bonds is 4. The van der Waals surface area contributed by atoms with Crippen LogP contribution in [0.15, 0.2) is 0 Å². The Bertz CT molecular complexity index is 130. The summed E-state index contributed by atoms with van der Waals surface area (Å²) >= 11 is 5.82. The Morgan fingerprint density at radius 2 is 1.85 bits per heavy atom. The highest BCUT2D eigenvalue weighted by atomic mass is 35.5. The molecule has 78 valence electrons. The van der Waals surface area contributed by atoms with Crippen molar-refractivity contribution in [3.05, 3.63) is 0 Å². The van der Waals surface area contributed by atoms with Crippen molar-refractivity contribution < 1.29 is 0 Å². The molecule has 0 bridgehead atoms.